The van der Waals surface area contributed by atoms with E-state index in [1.54, 1.807) is 18.2 Å². The Morgan fingerprint density at radius 2 is 2.15 bits per heavy atom. The molecule has 2 heterocycles. The van der Waals surface area contributed by atoms with Gasteiger partial charge in [0, 0.05) is 17.0 Å². The van der Waals surface area contributed by atoms with Crippen LogP contribution in [0.5, 0.6) is 0 Å². The van der Waals surface area contributed by atoms with Gasteiger partial charge >= 0.3 is 5.97 Å². The number of ether oxygens (including phenoxy) is 1. The molecule has 3 rings (SSSR count). The Hall–Kier alpha value is -2.16. The van der Waals surface area contributed by atoms with Crippen molar-refractivity contribution in [3.63, 3.8) is 0 Å². The minimum atomic E-state index is -0.477. The fraction of sp³-hybridized carbons (Fsp3) is 0.176. The quantitative estimate of drug-likeness (QED) is 0.367. The molecule has 1 N–H and O–H groups in total. The minimum Gasteiger partial charge on any atom is -0.455 e. The molecule has 0 aliphatic carbocycles. The number of hydrogen-bond donors (Lipinski definition) is 1. The van der Waals surface area contributed by atoms with Crippen molar-refractivity contribution in [1.29, 1.82) is 0 Å². The summed E-state index contributed by atoms with van der Waals surface area (Å²) in [7, 11) is 0. The van der Waals surface area contributed by atoms with Gasteiger partial charge in [-0.25, -0.2) is 9.97 Å². The number of amides is 1. The number of carbonyl (C=O) groups excluding carboxylic acids is 2. The molecule has 0 aliphatic rings. The summed E-state index contributed by atoms with van der Waals surface area (Å²) in [5, 5.41) is 6.83. The van der Waals surface area contributed by atoms with Crippen LogP contribution in [0.3, 0.4) is 0 Å². The average molecular weight is 408 g/mol. The molecule has 26 heavy (non-hydrogen) atoms. The maximum Gasteiger partial charge on any atom is 0.316 e. The van der Waals surface area contributed by atoms with Crippen molar-refractivity contribution in [2.24, 2.45) is 0 Å². The molecule has 1 amide bonds. The summed E-state index contributed by atoms with van der Waals surface area (Å²) >= 11 is 8.66. The Labute approximate surface area is 162 Å². The van der Waals surface area contributed by atoms with Gasteiger partial charge in [-0.2, -0.15) is 0 Å². The lowest BCUT2D eigenvalue weighted by Gasteiger charge is -2.07. The van der Waals surface area contributed by atoms with Gasteiger partial charge in [0.2, 0.25) is 0 Å². The Morgan fingerprint density at radius 1 is 1.27 bits per heavy atom. The Bertz CT molecular complexity index is 932. The van der Waals surface area contributed by atoms with Gasteiger partial charge in [-0.3, -0.25) is 9.59 Å². The van der Waals surface area contributed by atoms with Crippen LogP contribution in [0.2, 0.25) is 5.02 Å². The molecule has 6 nitrogen and oxygen atoms in total. The van der Waals surface area contributed by atoms with Crippen LogP contribution in [0, 0.1) is 0 Å². The van der Waals surface area contributed by atoms with E-state index < -0.39 is 5.97 Å². The summed E-state index contributed by atoms with van der Waals surface area (Å²) in [6, 6.07) is 9.09. The number of carbonyl (C=O) groups is 2. The van der Waals surface area contributed by atoms with Crippen molar-refractivity contribution >= 4 is 56.8 Å². The highest BCUT2D eigenvalue weighted by Crippen LogP contribution is 2.27. The van der Waals surface area contributed by atoms with Crippen molar-refractivity contribution in [3.8, 4) is 0 Å². The summed E-state index contributed by atoms with van der Waals surface area (Å²) < 4.78 is 4.99. The highest BCUT2D eigenvalue weighted by Gasteiger charge is 2.11. The molecule has 2 aromatic heterocycles. The predicted octanol–water partition coefficient (Wildman–Crippen LogP) is 3.30. The molecule has 0 atom stereocenters. The van der Waals surface area contributed by atoms with Crippen LogP contribution in [-0.4, -0.2) is 34.2 Å². The zero-order chi connectivity index (χ0) is 18.4. The smallest absolute Gasteiger partial charge is 0.316 e. The zero-order valence-corrected chi connectivity index (χ0v) is 15.9. The van der Waals surface area contributed by atoms with Crippen LogP contribution < -0.4 is 5.32 Å². The molecule has 0 radical (unpaired) electrons. The van der Waals surface area contributed by atoms with E-state index in [1.807, 2.05) is 17.5 Å². The van der Waals surface area contributed by atoms with E-state index in [0.29, 0.717) is 11.6 Å². The lowest BCUT2D eigenvalue weighted by Crippen LogP contribution is -2.28. The third-order valence-corrected chi connectivity index (χ3v) is 5.33. The van der Waals surface area contributed by atoms with Gasteiger partial charge < -0.3 is 10.1 Å². The molecule has 9 heteroatoms. The topological polar surface area (TPSA) is 81.2 Å². The minimum absolute atomic E-state index is 0.0729. The number of rotatable bonds is 7. The lowest BCUT2D eigenvalue weighted by molar-refractivity contribution is -0.145. The van der Waals surface area contributed by atoms with Gasteiger partial charge in [-0.05, 0) is 29.1 Å². The number of aromatic nitrogens is 2. The second-order valence-electron chi connectivity index (χ2n) is 5.17. The van der Waals surface area contributed by atoms with E-state index in [0.717, 1.165) is 20.8 Å². The largest absolute Gasteiger partial charge is 0.455 e. The summed E-state index contributed by atoms with van der Waals surface area (Å²) in [6.07, 6.45) is 1.47. The van der Waals surface area contributed by atoms with Gasteiger partial charge in [0.1, 0.15) is 16.2 Å². The monoisotopic (exact) mass is 407 g/mol. The number of fused-ring (bicyclic) bond motifs is 1. The summed E-state index contributed by atoms with van der Waals surface area (Å²) in [5.74, 6) is -0.774. The number of esters is 1. The third-order valence-electron chi connectivity index (χ3n) is 3.29. The first-order chi connectivity index (χ1) is 12.6. The van der Waals surface area contributed by atoms with E-state index >= 15 is 0 Å². The molecule has 0 saturated carbocycles. The van der Waals surface area contributed by atoms with Crippen LogP contribution in [-0.2, 0) is 20.9 Å². The predicted molar refractivity (Wildman–Crippen MR) is 102 cm³/mol. The molecular weight excluding hydrogens is 394 g/mol. The van der Waals surface area contributed by atoms with E-state index in [1.165, 1.54) is 29.4 Å². The Morgan fingerprint density at radius 3 is 3.00 bits per heavy atom. The molecule has 0 bridgehead atoms. The van der Waals surface area contributed by atoms with E-state index in [2.05, 4.69) is 15.3 Å². The van der Waals surface area contributed by atoms with Crippen LogP contribution in [0.25, 0.3) is 10.2 Å². The molecular formula is C17H14ClN3O3S2. The number of nitrogens with one attached hydrogen (secondary N) is 1. The SMILES string of the molecule is O=C(COC(=O)CSc1ncnc2sccc12)NCc1cccc(Cl)c1. The number of benzene rings is 1. The van der Waals surface area contributed by atoms with Gasteiger partial charge in [0.05, 0.1) is 5.75 Å². The van der Waals surface area contributed by atoms with E-state index in [-0.39, 0.29) is 18.3 Å². The lowest BCUT2D eigenvalue weighted by atomic mass is 10.2. The van der Waals surface area contributed by atoms with Crippen LogP contribution in [0.4, 0.5) is 0 Å². The Kier molecular flexibility index (Phi) is 6.43. The third kappa shape index (κ3) is 5.17. The second-order valence-corrected chi connectivity index (χ2v) is 7.47. The van der Waals surface area contributed by atoms with Crippen LogP contribution >= 0.6 is 34.7 Å². The zero-order valence-electron chi connectivity index (χ0n) is 13.5. The number of hydrogen-bond acceptors (Lipinski definition) is 7. The molecule has 0 saturated heterocycles. The molecule has 3 aromatic rings. The van der Waals surface area contributed by atoms with Gasteiger partial charge in [0.25, 0.3) is 5.91 Å². The summed E-state index contributed by atoms with van der Waals surface area (Å²) in [4.78, 5) is 32.8. The van der Waals surface area contributed by atoms with E-state index in [4.69, 9.17) is 16.3 Å². The highest BCUT2D eigenvalue weighted by molar-refractivity contribution is 8.00. The van der Waals surface area contributed by atoms with Crippen molar-refractivity contribution in [1.82, 2.24) is 15.3 Å². The number of thiophene rings is 1. The van der Waals surface area contributed by atoms with Crippen LogP contribution in [0.1, 0.15) is 5.56 Å². The standard InChI is InChI=1S/C17H14ClN3O3S2/c18-12-3-1-2-11(6-12)7-19-14(22)8-24-15(23)9-26-17-13-4-5-25-16(13)20-10-21-17/h1-6,10H,7-9H2,(H,19,22). The summed E-state index contributed by atoms with van der Waals surface area (Å²) in [6.45, 7) is 0.000359. The van der Waals surface area contributed by atoms with Crippen LogP contribution in [0.15, 0.2) is 47.1 Å². The fourth-order valence-corrected chi connectivity index (χ4v) is 3.89. The normalized spacial score (nSPS) is 10.7. The van der Waals surface area contributed by atoms with Crippen molar-refractivity contribution in [2.75, 3.05) is 12.4 Å². The molecule has 0 unspecified atom stereocenters. The summed E-state index contributed by atoms with van der Waals surface area (Å²) in [5.41, 5.74) is 0.872. The molecule has 0 spiro atoms. The van der Waals surface area contributed by atoms with Gasteiger partial charge in [-0.15, -0.1) is 11.3 Å². The highest BCUT2D eigenvalue weighted by atomic mass is 35.5. The van der Waals surface area contributed by atoms with E-state index in [9.17, 15) is 9.59 Å². The average Bonchev–Trinajstić information content (AvgIpc) is 3.12. The number of halogens is 1. The number of thioether (sulfide) groups is 1. The van der Waals surface area contributed by atoms with Crippen molar-refractivity contribution < 1.29 is 14.3 Å². The number of nitrogens with zero attached hydrogens (tertiary/aromatic N) is 2. The van der Waals surface area contributed by atoms with Crippen molar-refractivity contribution in [2.45, 2.75) is 11.6 Å². The second kappa shape index (κ2) is 8.98. The maximum atomic E-state index is 11.8. The molecule has 0 aliphatic heterocycles. The van der Waals surface area contributed by atoms with Gasteiger partial charge in [0.15, 0.2) is 6.61 Å². The molecule has 0 fully saturated rings. The first kappa shape index (κ1) is 18.6. The fourth-order valence-electron chi connectivity index (χ4n) is 2.10. The molecule has 134 valence electrons. The first-order valence-corrected chi connectivity index (χ1v) is 9.84. The molecule has 1 aromatic carbocycles. The maximum absolute atomic E-state index is 11.8. The first-order valence-electron chi connectivity index (χ1n) is 7.59. The Balaban J connectivity index is 1.41. The van der Waals surface area contributed by atoms with Crippen molar-refractivity contribution in [3.05, 3.63) is 52.6 Å². The van der Waals surface area contributed by atoms with Gasteiger partial charge in [-0.1, -0.05) is 35.5 Å².